The maximum absolute atomic E-state index is 11.7. The third-order valence-corrected chi connectivity index (χ3v) is 3.03. The van der Waals surface area contributed by atoms with Crippen LogP contribution in [0.4, 0.5) is 0 Å². The van der Waals surface area contributed by atoms with Crippen molar-refractivity contribution in [3.05, 3.63) is 34.3 Å². The van der Waals surface area contributed by atoms with Gasteiger partial charge in [0.05, 0.1) is 0 Å². The van der Waals surface area contributed by atoms with E-state index in [0.717, 1.165) is 17.5 Å². The van der Waals surface area contributed by atoms with Crippen LogP contribution in [0.3, 0.4) is 0 Å². The number of halogens is 1. The van der Waals surface area contributed by atoms with Gasteiger partial charge in [-0.2, -0.15) is 0 Å². The van der Waals surface area contributed by atoms with Crippen molar-refractivity contribution in [3.8, 4) is 0 Å². The normalized spacial score (nSPS) is 11.4. The Hall–Kier alpha value is -1.06. The topological polar surface area (TPSA) is 55.1 Å². The predicted octanol–water partition coefficient (Wildman–Crippen LogP) is 2.89. The first-order valence-electron chi connectivity index (χ1n) is 6.56. The minimum absolute atomic E-state index is 0.0206. The molecule has 106 valence electrons. The zero-order valence-electron chi connectivity index (χ0n) is 11.9. The number of nitrogens with one attached hydrogen (secondary N) is 1. The van der Waals surface area contributed by atoms with E-state index in [-0.39, 0.29) is 11.3 Å². The Morgan fingerprint density at radius 1 is 1.32 bits per heavy atom. The van der Waals surface area contributed by atoms with Gasteiger partial charge in [0.1, 0.15) is 0 Å². The highest BCUT2D eigenvalue weighted by Crippen LogP contribution is 2.18. The van der Waals surface area contributed by atoms with Gasteiger partial charge in [0.25, 0.3) is 0 Å². The number of benzene rings is 1. The van der Waals surface area contributed by atoms with Crippen LogP contribution in [0.1, 0.15) is 38.3 Å². The van der Waals surface area contributed by atoms with Gasteiger partial charge in [-0.3, -0.25) is 4.79 Å². The number of rotatable bonds is 5. The molecule has 0 aromatic heterocycles. The van der Waals surface area contributed by atoms with Crippen LogP contribution in [0.15, 0.2) is 18.2 Å². The molecule has 19 heavy (non-hydrogen) atoms. The van der Waals surface area contributed by atoms with Crippen molar-refractivity contribution >= 4 is 17.5 Å². The van der Waals surface area contributed by atoms with E-state index >= 15 is 0 Å². The van der Waals surface area contributed by atoms with E-state index in [1.165, 1.54) is 0 Å². The molecule has 0 bridgehead atoms. The Labute approximate surface area is 120 Å². The smallest absolute Gasteiger partial charge is 0.220 e. The van der Waals surface area contributed by atoms with Crippen molar-refractivity contribution in [2.75, 3.05) is 6.54 Å². The highest BCUT2D eigenvalue weighted by atomic mass is 35.5. The standard InChI is InChI=1S/C15H23ClN2O/c1-15(2,3)9-14(19)18-7-6-11-4-5-13(16)8-12(11)10-17/h4-5,8H,6-7,9-10,17H2,1-3H3,(H,18,19). The van der Waals surface area contributed by atoms with Gasteiger partial charge in [-0.15, -0.1) is 0 Å². The van der Waals surface area contributed by atoms with Crippen molar-refractivity contribution in [1.82, 2.24) is 5.32 Å². The van der Waals surface area contributed by atoms with Crippen LogP contribution in [0.5, 0.6) is 0 Å². The first-order chi connectivity index (χ1) is 8.81. The lowest BCUT2D eigenvalue weighted by Gasteiger charge is -2.17. The molecule has 0 saturated heterocycles. The summed E-state index contributed by atoms with van der Waals surface area (Å²) in [7, 11) is 0. The molecule has 0 aliphatic heterocycles. The van der Waals surface area contributed by atoms with Crippen molar-refractivity contribution in [2.45, 2.75) is 40.2 Å². The molecule has 0 atom stereocenters. The predicted molar refractivity (Wildman–Crippen MR) is 80.1 cm³/mol. The average Bonchev–Trinajstić information content (AvgIpc) is 2.28. The summed E-state index contributed by atoms with van der Waals surface area (Å²) in [6.07, 6.45) is 1.32. The Kier molecular flexibility index (Phi) is 5.83. The number of carbonyl (C=O) groups is 1. The minimum Gasteiger partial charge on any atom is -0.356 e. The summed E-state index contributed by atoms with van der Waals surface area (Å²) in [6.45, 7) is 7.25. The van der Waals surface area contributed by atoms with Gasteiger partial charge >= 0.3 is 0 Å². The van der Waals surface area contributed by atoms with Crippen molar-refractivity contribution in [1.29, 1.82) is 0 Å². The summed E-state index contributed by atoms with van der Waals surface area (Å²) >= 11 is 5.93. The fourth-order valence-electron chi connectivity index (χ4n) is 1.91. The Balaban J connectivity index is 2.47. The molecular weight excluding hydrogens is 260 g/mol. The molecule has 0 fully saturated rings. The van der Waals surface area contributed by atoms with Gasteiger partial charge in [0.2, 0.25) is 5.91 Å². The third-order valence-electron chi connectivity index (χ3n) is 2.80. The molecule has 0 radical (unpaired) electrons. The van der Waals surface area contributed by atoms with Crippen LogP contribution in [-0.4, -0.2) is 12.5 Å². The largest absolute Gasteiger partial charge is 0.356 e. The summed E-state index contributed by atoms with van der Waals surface area (Å²) in [5, 5.41) is 3.64. The molecule has 1 aromatic rings. The quantitative estimate of drug-likeness (QED) is 0.872. The van der Waals surface area contributed by atoms with Crippen LogP contribution in [0.2, 0.25) is 5.02 Å². The molecule has 0 aliphatic carbocycles. The first-order valence-corrected chi connectivity index (χ1v) is 6.94. The molecule has 0 aliphatic rings. The monoisotopic (exact) mass is 282 g/mol. The summed E-state index contributed by atoms with van der Waals surface area (Å²) < 4.78 is 0. The van der Waals surface area contributed by atoms with E-state index in [1.54, 1.807) is 0 Å². The molecule has 0 spiro atoms. The second-order valence-electron chi connectivity index (χ2n) is 5.95. The highest BCUT2D eigenvalue weighted by Gasteiger charge is 2.15. The maximum Gasteiger partial charge on any atom is 0.220 e. The van der Waals surface area contributed by atoms with E-state index in [4.69, 9.17) is 17.3 Å². The highest BCUT2D eigenvalue weighted by molar-refractivity contribution is 6.30. The maximum atomic E-state index is 11.7. The van der Waals surface area contributed by atoms with Crippen molar-refractivity contribution in [3.63, 3.8) is 0 Å². The Morgan fingerprint density at radius 2 is 2.00 bits per heavy atom. The fraction of sp³-hybridized carbons (Fsp3) is 0.533. The van der Waals surface area contributed by atoms with E-state index < -0.39 is 0 Å². The average molecular weight is 283 g/mol. The van der Waals surface area contributed by atoms with Crippen molar-refractivity contribution < 1.29 is 4.79 Å². The van der Waals surface area contributed by atoms with Crippen LogP contribution in [0.25, 0.3) is 0 Å². The molecule has 1 amide bonds. The SMILES string of the molecule is CC(C)(C)CC(=O)NCCc1ccc(Cl)cc1CN. The van der Waals surface area contributed by atoms with Gasteiger partial charge in [-0.25, -0.2) is 0 Å². The van der Waals surface area contributed by atoms with Gasteiger partial charge in [-0.05, 0) is 35.1 Å². The van der Waals surface area contributed by atoms with E-state index in [9.17, 15) is 4.79 Å². The number of hydrogen-bond acceptors (Lipinski definition) is 2. The Bertz CT molecular complexity index is 438. The minimum atomic E-state index is 0.0206. The summed E-state index contributed by atoms with van der Waals surface area (Å²) in [5.74, 6) is 0.0933. The van der Waals surface area contributed by atoms with Crippen LogP contribution < -0.4 is 11.1 Å². The molecule has 4 heteroatoms. The second kappa shape index (κ2) is 6.92. The van der Waals surface area contributed by atoms with Gasteiger partial charge < -0.3 is 11.1 Å². The molecule has 1 aromatic carbocycles. The zero-order valence-corrected chi connectivity index (χ0v) is 12.7. The first kappa shape index (κ1) is 16.0. The van der Waals surface area contributed by atoms with E-state index in [2.05, 4.69) is 26.1 Å². The summed E-state index contributed by atoms with van der Waals surface area (Å²) in [4.78, 5) is 11.7. The summed E-state index contributed by atoms with van der Waals surface area (Å²) in [5.41, 5.74) is 7.89. The molecule has 3 N–H and O–H groups in total. The molecular formula is C15H23ClN2O. The van der Waals surface area contributed by atoms with E-state index in [0.29, 0.717) is 24.5 Å². The zero-order chi connectivity index (χ0) is 14.5. The molecule has 3 nitrogen and oxygen atoms in total. The lowest BCUT2D eigenvalue weighted by Crippen LogP contribution is -2.29. The number of nitrogens with two attached hydrogens (primary N) is 1. The third kappa shape index (κ3) is 6.08. The van der Waals surface area contributed by atoms with Crippen LogP contribution in [-0.2, 0) is 17.8 Å². The molecule has 1 rings (SSSR count). The summed E-state index contributed by atoms with van der Waals surface area (Å²) in [6, 6.07) is 5.71. The van der Waals surface area contributed by atoms with Crippen molar-refractivity contribution in [2.24, 2.45) is 11.1 Å². The van der Waals surface area contributed by atoms with Gasteiger partial charge in [0, 0.05) is 24.5 Å². The lowest BCUT2D eigenvalue weighted by molar-refractivity contribution is -0.122. The van der Waals surface area contributed by atoms with Gasteiger partial charge in [0.15, 0.2) is 0 Å². The number of carbonyl (C=O) groups excluding carboxylic acids is 1. The fourth-order valence-corrected chi connectivity index (χ4v) is 2.10. The molecule has 0 unspecified atom stereocenters. The van der Waals surface area contributed by atoms with Gasteiger partial charge in [-0.1, -0.05) is 38.4 Å². The number of amides is 1. The Morgan fingerprint density at radius 3 is 2.58 bits per heavy atom. The molecule has 0 heterocycles. The van der Waals surface area contributed by atoms with Crippen LogP contribution >= 0.6 is 11.6 Å². The lowest BCUT2D eigenvalue weighted by atomic mass is 9.92. The second-order valence-corrected chi connectivity index (χ2v) is 6.39. The number of hydrogen-bond donors (Lipinski definition) is 2. The van der Waals surface area contributed by atoms with Crippen LogP contribution in [0, 0.1) is 5.41 Å². The van der Waals surface area contributed by atoms with E-state index in [1.807, 2.05) is 18.2 Å². The molecule has 0 saturated carbocycles.